The number of hydrogen-bond acceptors (Lipinski definition) is 3. The largest absolute Gasteiger partial charge is 0.353 e. The Labute approximate surface area is 153 Å². The highest BCUT2D eigenvalue weighted by Crippen LogP contribution is 2.25. The first-order valence-corrected chi connectivity index (χ1v) is 8.99. The summed E-state index contributed by atoms with van der Waals surface area (Å²) in [6, 6.07) is 1.24. The van der Waals surface area contributed by atoms with Gasteiger partial charge in [-0.3, -0.25) is 4.79 Å². The molecular weight excluding hydrogens is 333 g/mol. The molecule has 2 N–H and O–H groups in total. The summed E-state index contributed by atoms with van der Waals surface area (Å²) in [5, 5.41) is 6.55. The van der Waals surface area contributed by atoms with Crippen molar-refractivity contribution in [2.75, 3.05) is 26.2 Å². The summed E-state index contributed by atoms with van der Waals surface area (Å²) in [6.07, 6.45) is 9.31. The van der Waals surface area contributed by atoms with E-state index in [9.17, 15) is 4.79 Å². The van der Waals surface area contributed by atoms with Gasteiger partial charge in [-0.1, -0.05) is 26.2 Å². The molecule has 2 saturated heterocycles. The van der Waals surface area contributed by atoms with Crippen LogP contribution in [0.25, 0.3) is 0 Å². The molecule has 0 bridgehead atoms. The maximum absolute atomic E-state index is 12.3. The van der Waals surface area contributed by atoms with E-state index in [0.29, 0.717) is 12.0 Å². The van der Waals surface area contributed by atoms with Gasteiger partial charge in [0.2, 0.25) is 5.91 Å². The van der Waals surface area contributed by atoms with Crippen molar-refractivity contribution in [1.29, 1.82) is 0 Å². The van der Waals surface area contributed by atoms with E-state index in [-0.39, 0.29) is 36.6 Å². The van der Waals surface area contributed by atoms with Crippen LogP contribution in [0, 0.1) is 11.8 Å². The van der Waals surface area contributed by atoms with E-state index in [4.69, 9.17) is 0 Å². The summed E-state index contributed by atoms with van der Waals surface area (Å²) in [7, 11) is 0. The van der Waals surface area contributed by atoms with Crippen LogP contribution in [0.5, 0.6) is 0 Å². The zero-order valence-electron chi connectivity index (χ0n) is 14.3. The lowest BCUT2D eigenvalue weighted by atomic mass is 9.87. The standard InChI is InChI=1S/C17H31N3O.2ClH/c1-13(14-11-18-12-14)17(21)19-15-7-9-20(10-8-15)16-5-3-2-4-6-16;;/h13-16,18H,2-12H2,1H3,(H,19,21);2*1H. The van der Waals surface area contributed by atoms with Gasteiger partial charge in [0.05, 0.1) is 0 Å². The van der Waals surface area contributed by atoms with Crippen molar-refractivity contribution in [3.63, 3.8) is 0 Å². The zero-order valence-corrected chi connectivity index (χ0v) is 15.9. The fraction of sp³-hybridized carbons (Fsp3) is 0.941. The monoisotopic (exact) mass is 365 g/mol. The Balaban J connectivity index is 0.00000132. The number of amides is 1. The summed E-state index contributed by atoms with van der Waals surface area (Å²) in [5.41, 5.74) is 0. The molecule has 2 heterocycles. The van der Waals surface area contributed by atoms with Crippen molar-refractivity contribution in [2.24, 2.45) is 11.8 Å². The fourth-order valence-electron chi connectivity index (χ4n) is 4.07. The average molecular weight is 366 g/mol. The molecule has 1 saturated carbocycles. The molecule has 1 aliphatic carbocycles. The van der Waals surface area contributed by atoms with Gasteiger partial charge in [-0.25, -0.2) is 0 Å². The third-order valence-corrected chi connectivity index (χ3v) is 5.90. The number of likely N-dealkylation sites (tertiary alicyclic amines) is 1. The van der Waals surface area contributed by atoms with Crippen LogP contribution in [0.15, 0.2) is 0 Å². The summed E-state index contributed by atoms with van der Waals surface area (Å²) in [5.74, 6) is 0.993. The molecule has 6 heteroatoms. The molecule has 1 unspecified atom stereocenters. The predicted octanol–water partition coefficient (Wildman–Crippen LogP) is 2.60. The van der Waals surface area contributed by atoms with E-state index in [1.165, 1.54) is 45.2 Å². The second-order valence-corrected chi connectivity index (χ2v) is 7.32. The minimum atomic E-state index is 0. The number of nitrogens with zero attached hydrogens (tertiary/aromatic N) is 1. The molecule has 1 atom stereocenters. The van der Waals surface area contributed by atoms with Crippen LogP contribution in [0.4, 0.5) is 0 Å². The van der Waals surface area contributed by atoms with Crippen molar-refractivity contribution in [3.8, 4) is 0 Å². The molecule has 136 valence electrons. The molecule has 0 aromatic carbocycles. The third kappa shape index (κ3) is 5.48. The Kier molecular flexibility index (Phi) is 9.20. The van der Waals surface area contributed by atoms with Crippen LogP contribution in [-0.4, -0.2) is 49.1 Å². The van der Waals surface area contributed by atoms with Gasteiger partial charge >= 0.3 is 0 Å². The Bertz CT molecular complexity index is 352. The smallest absolute Gasteiger partial charge is 0.223 e. The number of halogens is 2. The number of piperidine rings is 1. The lowest BCUT2D eigenvalue weighted by molar-refractivity contribution is -0.127. The molecule has 3 rings (SSSR count). The molecule has 23 heavy (non-hydrogen) atoms. The lowest BCUT2D eigenvalue weighted by Crippen LogP contribution is -2.53. The van der Waals surface area contributed by atoms with Gasteiger partial charge in [-0.2, -0.15) is 0 Å². The molecule has 0 aromatic heterocycles. The fourth-order valence-corrected chi connectivity index (χ4v) is 4.07. The second kappa shape index (κ2) is 10.1. The van der Waals surface area contributed by atoms with Crippen LogP contribution in [0.3, 0.4) is 0 Å². The minimum Gasteiger partial charge on any atom is -0.353 e. The zero-order chi connectivity index (χ0) is 14.7. The average Bonchev–Trinajstić information content (AvgIpc) is 2.47. The van der Waals surface area contributed by atoms with Gasteiger partial charge in [0, 0.05) is 31.1 Å². The van der Waals surface area contributed by atoms with E-state index in [1.807, 2.05) is 0 Å². The first-order chi connectivity index (χ1) is 10.2. The van der Waals surface area contributed by atoms with E-state index in [2.05, 4.69) is 22.5 Å². The second-order valence-electron chi connectivity index (χ2n) is 7.32. The quantitative estimate of drug-likeness (QED) is 0.804. The van der Waals surface area contributed by atoms with Crippen molar-refractivity contribution < 1.29 is 4.79 Å². The molecule has 0 aromatic rings. The summed E-state index contributed by atoms with van der Waals surface area (Å²) in [6.45, 7) is 6.45. The Morgan fingerprint density at radius 3 is 2.17 bits per heavy atom. The van der Waals surface area contributed by atoms with Crippen LogP contribution >= 0.6 is 24.8 Å². The van der Waals surface area contributed by atoms with E-state index < -0.39 is 0 Å². The molecule has 0 spiro atoms. The van der Waals surface area contributed by atoms with E-state index in [1.54, 1.807) is 0 Å². The lowest BCUT2D eigenvalue weighted by Gasteiger charge is -2.40. The first-order valence-electron chi connectivity index (χ1n) is 8.99. The minimum absolute atomic E-state index is 0. The maximum Gasteiger partial charge on any atom is 0.223 e. The third-order valence-electron chi connectivity index (χ3n) is 5.90. The maximum atomic E-state index is 12.3. The summed E-state index contributed by atoms with van der Waals surface area (Å²) < 4.78 is 0. The van der Waals surface area contributed by atoms with Crippen LogP contribution in [-0.2, 0) is 4.79 Å². The van der Waals surface area contributed by atoms with Crippen LogP contribution < -0.4 is 10.6 Å². The molecule has 2 aliphatic heterocycles. The Morgan fingerprint density at radius 1 is 1.04 bits per heavy atom. The topological polar surface area (TPSA) is 44.4 Å². The van der Waals surface area contributed by atoms with Crippen LogP contribution in [0.2, 0.25) is 0 Å². The summed E-state index contributed by atoms with van der Waals surface area (Å²) in [4.78, 5) is 15.0. The van der Waals surface area contributed by atoms with E-state index in [0.717, 1.165) is 32.0 Å². The molecule has 3 aliphatic rings. The predicted molar refractivity (Wildman–Crippen MR) is 99.6 cm³/mol. The van der Waals surface area contributed by atoms with Crippen LogP contribution in [0.1, 0.15) is 51.9 Å². The van der Waals surface area contributed by atoms with Crippen molar-refractivity contribution in [1.82, 2.24) is 15.5 Å². The van der Waals surface area contributed by atoms with Crippen molar-refractivity contribution in [2.45, 2.75) is 64.0 Å². The molecule has 0 radical (unpaired) electrons. The normalized spacial score (nSPS) is 25.6. The van der Waals surface area contributed by atoms with Crippen molar-refractivity contribution in [3.05, 3.63) is 0 Å². The highest BCUT2D eigenvalue weighted by Gasteiger charge is 2.31. The molecular formula is C17H33Cl2N3O. The Morgan fingerprint density at radius 2 is 1.65 bits per heavy atom. The SMILES string of the molecule is CC(C(=O)NC1CCN(C2CCCCC2)CC1)C1CNC1.Cl.Cl. The van der Waals surface area contributed by atoms with E-state index >= 15 is 0 Å². The number of carbonyl (C=O) groups is 1. The van der Waals surface area contributed by atoms with Gasteiger partial charge in [-0.05, 0) is 44.7 Å². The van der Waals surface area contributed by atoms with Gasteiger partial charge in [0.1, 0.15) is 0 Å². The van der Waals surface area contributed by atoms with Crippen molar-refractivity contribution >= 4 is 30.7 Å². The van der Waals surface area contributed by atoms with Gasteiger partial charge in [0.15, 0.2) is 0 Å². The first kappa shape index (κ1) is 21.0. The number of rotatable bonds is 4. The summed E-state index contributed by atoms with van der Waals surface area (Å²) >= 11 is 0. The number of carbonyl (C=O) groups excluding carboxylic acids is 1. The number of hydrogen-bond donors (Lipinski definition) is 2. The van der Waals surface area contributed by atoms with Gasteiger partial charge in [0.25, 0.3) is 0 Å². The highest BCUT2D eigenvalue weighted by molar-refractivity contribution is 5.85. The van der Waals surface area contributed by atoms with Gasteiger partial charge < -0.3 is 15.5 Å². The molecule has 3 fully saturated rings. The number of nitrogens with one attached hydrogen (secondary N) is 2. The molecule has 1 amide bonds. The molecule has 4 nitrogen and oxygen atoms in total. The Hall–Kier alpha value is -0.0300. The highest BCUT2D eigenvalue weighted by atomic mass is 35.5. The van der Waals surface area contributed by atoms with Gasteiger partial charge in [-0.15, -0.1) is 24.8 Å².